The number of ether oxygens (including phenoxy) is 4. The Morgan fingerprint density at radius 3 is 0.614 bits per heavy atom. The first-order valence-corrected chi connectivity index (χ1v) is 45.2. The minimum absolute atomic E-state index is 0.105. The van der Waals surface area contributed by atoms with Gasteiger partial charge in [0, 0.05) is 25.7 Å². The van der Waals surface area contributed by atoms with Crippen molar-refractivity contribution in [2.24, 2.45) is 23.7 Å². The highest BCUT2D eigenvalue weighted by Crippen LogP contribution is 2.45. The second kappa shape index (κ2) is 71.0. The van der Waals surface area contributed by atoms with Gasteiger partial charge in [-0.2, -0.15) is 0 Å². The van der Waals surface area contributed by atoms with Crippen LogP contribution in [0.4, 0.5) is 0 Å². The largest absolute Gasteiger partial charge is 0.472 e. The van der Waals surface area contributed by atoms with Crippen molar-refractivity contribution in [1.82, 2.24) is 0 Å². The maximum atomic E-state index is 13.1. The predicted molar refractivity (Wildman–Crippen MR) is 414 cm³/mol. The molecule has 3 N–H and O–H groups in total. The van der Waals surface area contributed by atoms with Gasteiger partial charge in [0.25, 0.3) is 0 Å². The van der Waals surface area contributed by atoms with Gasteiger partial charge in [-0.15, -0.1) is 0 Å². The van der Waals surface area contributed by atoms with Crippen molar-refractivity contribution in [3.05, 3.63) is 0 Å². The number of aliphatic hydroxyl groups is 1. The Kier molecular flexibility index (Phi) is 69.6. The first kappa shape index (κ1) is 99.1. The number of phosphoric acid groups is 2. The number of hydrogen-bond donors (Lipinski definition) is 3. The smallest absolute Gasteiger partial charge is 0.462 e. The van der Waals surface area contributed by atoms with Crippen LogP contribution in [-0.2, 0) is 65.4 Å². The van der Waals surface area contributed by atoms with Crippen LogP contribution in [0, 0.1) is 23.7 Å². The molecule has 5 atom stereocenters. The quantitative estimate of drug-likeness (QED) is 0.0222. The average Bonchev–Trinajstić information content (AvgIpc) is 0.938. The van der Waals surface area contributed by atoms with Crippen LogP contribution in [-0.4, -0.2) is 96.7 Å². The summed E-state index contributed by atoms with van der Waals surface area (Å²) in [6.07, 6.45) is 58.4. The summed E-state index contributed by atoms with van der Waals surface area (Å²) in [6.45, 7) is 14.2. The molecule has 0 saturated heterocycles. The summed E-state index contributed by atoms with van der Waals surface area (Å²) >= 11 is 0. The minimum Gasteiger partial charge on any atom is -0.462 e. The Morgan fingerprint density at radius 1 is 0.248 bits per heavy atom. The molecule has 101 heavy (non-hydrogen) atoms. The highest BCUT2D eigenvalue weighted by molar-refractivity contribution is 7.47. The molecule has 0 aliphatic heterocycles. The van der Waals surface area contributed by atoms with Crippen molar-refractivity contribution in [1.29, 1.82) is 0 Å². The van der Waals surface area contributed by atoms with Gasteiger partial charge in [-0.25, -0.2) is 9.13 Å². The van der Waals surface area contributed by atoms with Crippen molar-refractivity contribution >= 4 is 39.5 Å². The van der Waals surface area contributed by atoms with Gasteiger partial charge in [0.1, 0.15) is 19.3 Å². The summed E-state index contributed by atoms with van der Waals surface area (Å²) in [6, 6.07) is 0. The van der Waals surface area contributed by atoms with Crippen molar-refractivity contribution in [3.63, 3.8) is 0 Å². The third-order valence-corrected chi connectivity index (χ3v) is 21.0. The van der Waals surface area contributed by atoms with Gasteiger partial charge in [0.15, 0.2) is 12.2 Å². The fourth-order valence-corrected chi connectivity index (χ4v) is 14.2. The summed E-state index contributed by atoms with van der Waals surface area (Å²) in [5.74, 6) is 0.966. The molecule has 0 amide bonds. The molecule has 0 aliphatic rings. The van der Waals surface area contributed by atoms with E-state index in [9.17, 15) is 43.2 Å². The molecule has 0 heterocycles. The number of aliphatic hydroxyl groups excluding tert-OH is 1. The maximum Gasteiger partial charge on any atom is 0.472 e. The number of carbonyl (C=O) groups is 4. The lowest BCUT2D eigenvalue weighted by atomic mass is 10.0. The van der Waals surface area contributed by atoms with Gasteiger partial charge in [0.05, 0.1) is 26.4 Å². The number of phosphoric ester groups is 2. The van der Waals surface area contributed by atoms with Crippen molar-refractivity contribution < 1.29 is 80.2 Å². The highest BCUT2D eigenvalue weighted by Gasteiger charge is 2.30. The molecule has 0 saturated carbocycles. The normalized spacial score (nSPS) is 14.0. The Morgan fingerprint density at radius 2 is 0.416 bits per heavy atom. The van der Waals surface area contributed by atoms with E-state index < -0.39 is 97.5 Å². The molecule has 0 aromatic carbocycles. The van der Waals surface area contributed by atoms with Crippen LogP contribution < -0.4 is 0 Å². The fourth-order valence-electron chi connectivity index (χ4n) is 12.6. The van der Waals surface area contributed by atoms with Crippen molar-refractivity contribution in [2.45, 2.75) is 440 Å². The van der Waals surface area contributed by atoms with E-state index in [1.54, 1.807) is 0 Å². The van der Waals surface area contributed by atoms with Gasteiger partial charge in [-0.1, -0.05) is 370 Å². The predicted octanol–water partition coefficient (Wildman–Crippen LogP) is 24.4. The van der Waals surface area contributed by atoms with Crippen LogP contribution in [0.3, 0.4) is 0 Å². The third-order valence-electron chi connectivity index (χ3n) is 19.1. The zero-order valence-electron chi connectivity index (χ0n) is 66.5. The van der Waals surface area contributed by atoms with Gasteiger partial charge < -0.3 is 33.8 Å². The lowest BCUT2D eigenvalue weighted by Gasteiger charge is -2.21. The fraction of sp³-hybridized carbons (Fsp3) is 0.951. The molecular formula is C82H160O17P2. The average molecular weight is 1480 g/mol. The zero-order valence-corrected chi connectivity index (χ0v) is 68.3. The van der Waals surface area contributed by atoms with E-state index in [1.807, 2.05) is 0 Å². The molecule has 17 nitrogen and oxygen atoms in total. The molecule has 600 valence electrons. The highest BCUT2D eigenvalue weighted by atomic mass is 31.2. The van der Waals surface area contributed by atoms with E-state index in [4.69, 9.17) is 37.0 Å². The zero-order chi connectivity index (χ0) is 74.6. The molecule has 0 rings (SSSR count). The van der Waals surface area contributed by atoms with Crippen LogP contribution in [0.15, 0.2) is 0 Å². The van der Waals surface area contributed by atoms with Crippen LogP contribution in [0.2, 0.25) is 0 Å². The van der Waals surface area contributed by atoms with E-state index in [0.29, 0.717) is 31.6 Å². The first-order valence-electron chi connectivity index (χ1n) is 42.2. The first-order chi connectivity index (χ1) is 48.6. The van der Waals surface area contributed by atoms with Crippen LogP contribution in [0.1, 0.15) is 421 Å². The van der Waals surface area contributed by atoms with Crippen molar-refractivity contribution in [3.8, 4) is 0 Å². The molecule has 0 fully saturated rings. The lowest BCUT2D eigenvalue weighted by molar-refractivity contribution is -0.161. The molecule has 0 bridgehead atoms. The van der Waals surface area contributed by atoms with E-state index in [1.165, 1.54) is 218 Å². The standard InChI is InChI=1S/C82H160O17P2/c1-72(2)58-50-42-34-27-21-16-13-11-9-10-12-14-18-24-30-38-46-54-62-79(84)92-68-77(98-81(86)64-56-48-39-31-25-19-15-17-22-28-35-43-51-59-73(3)4)70-96-100(88,89)94-66-76(83)67-95-101(90,91)97-71-78(69-93-80(85)63-55-47-41-33-37-45-53-61-75(7)8)99-82(87)65-57-49-40-32-26-20-23-29-36-44-52-60-74(5)6/h72-78,83H,9-71H2,1-8H3,(H,88,89)(H,90,91)/t76?,77-,78-/m1/s1. The summed E-state index contributed by atoms with van der Waals surface area (Å²) in [5.41, 5.74) is 0. The van der Waals surface area contributed by atoms with Crippen LogP contribution in [0.5, 0.6) is 0 Å². The van der Waals surface area contributed by atoms with Gasteiger partial charge in [-0.3, -0.25) is 37.3 Å². The summed E-state index contributed by atoms with van der Waals surface area (Å²) < 4.78 is 68.7. The molecule has 0 radical (unpaired) electrons. The minimum atomic E-state index is -4.96. The van der Waals surface area contributed by atoms with Gasteiger partial charge in [-0.05, 0) is 49.4 Å². The second-order valence-electron chi connectivity index (χ2n) is 31.4. The van der Waals surface area contributed by atoms with Crippen LogP contribution in [0.25, 0.3) is 0 Å². The molecular weight excluding hydrogens is 1320 g/mol. The van der Waals surface area contributed by atoms with E-state index in [2.05, 4.69) is 55.4 Å². The molecule has 0 aromatic heterocycles. The SMILES string of the molecule is CC(C)CCCCCCCCCCCCCCCCCCCCC(=O)OC[C@H](COP(=O)(O)OCC(O)COP(=O)(O)OC[C@@H](COC(=O)CCCCCCCCCC(C)C)OC(=O)CCCCCCCCCCCCCC(C)C)OC(=O)CCCCCCCCCCCCCCCC(C)C. The Labute approximate surface area is 619 Å². The van der Waals surface area contributed by atoms with Gasteiger partial charge >= 0.3 is 39.5 Å². The number of carbonyl (C=O) groups excluding carboxylic acids is 4. The van der Waals surface area contributed by atoms with E-state index in [0.717, 1.165) is 114 Å². The van der Waals surface area contributed by atoms with Crippen LogP contribution >= 0.6 is 15.6 Å². The lowest BCUT2D eigenvalue weighted by Crippen LogP contribution is -2.30. The van der Waals surface area contributed by atoms with E-state index >= 15 is 0 Å². The Balaban J connectivity index is 5.22. The van der Waals surface area contributed by atoms with Crippen molar-refractivity contribution in [2.75, 3.05) is 39.6 Å². The number of hydrogen-bond acceptors (Lipinski definition) is 15. The summed E-state index contributed by atoms with van der Waals surface area (Å²) in [7, 11) is -9.92. The summed E-state index contributed by atoms with van der Waals surface area (Å²) in [4.78, 5) is 73.0. The Bertz CT molecular complexity index is 1970. The number of rotatable bonds is 79. The number of esters is 4. The molecule has 19 heteroatoms. The third kappa shape index (κ3) is 76.1. The molecule has 0 aromatic rings. The molecule has 0 spiro atoms. The van der Waals surface area contributed by atoms with E-state index in [-0.39, 0.29) is 25.7 Å². The molecule has 3 unspecified atom stereocenters. The molecule has 0 aliphatic carbocycles. The topological polar surface area (TPSA) is 237 Å². The number of unbranched alkanes of at least 4 members (excludes halogenated alkanes) is 45. The van der Waals surface area contributed by atoms with Gasteiger partial charge in [0.2, 0.25) is 0 Å². The monoisotopic (exact) mass is 1480 g/mol. The summed E-state index contributed by atoms with van der Waals surface area (Å²) in [5, 5.41) is 10.6. The Hall–Kier alpha value is -1.94. The maximum absolute atomic E-state index is 13.1. The second-order valence-corrected chi connectivity index (χ2v) is 34.3.